The first-order chi connectivity index (χ1) is 11.6. The van der Waals surface area contributed by atoms with E-state index < -0.39 is 4.92 Å². The molecule has 1 aliphatic heterocycles. The molecule has 24 heavy (non-hydrogen) atoms. The smallest absolute Gasteiger partial charge is 0.288 e. The van der Waals surface area contributed by atoms with Crippen LogP contribution >= 0.6 is 0 Å². The molecule has 0 unspecified atom stereocenters. The topological polar surface area (TPSA) is 95.5 Å². The molecule has 3 rings (SSSR count). The van der Waals surface area contributed by atoms with Crippen LogP contribution < -0.4 is 4.74 Å². The van der Waals surface area contributed by atoms with Gasteiger partial charge in [0.15, 0.2) is 0 Å². The average molecular weight is 333 g/mol. The molecule has 0 radical (unpaired) electrons. The van der Waals surface area contributed by atoms with Crippen LogP contribution in [0.5, 0.6) is 5.88 Å². The van der Waals surface area contributed by atoms with Gasteiger partial charge in [0, 0.05) is 38.9 Å². The van der Waals surface area contributed by atoms with Crippen LogP contribution in [-0.4, -0.2) is 64.0 Å². The second-order valence-corrected chi connectivity index (χ2v) is 5.45. The van der Waals surface area contributed by atoms with Crippen molar-refractivity contribution in [1.29, 1.82) is 0 Å². The van der Waals surface area contributed by atoms with E-state index in [1.54, 1.807) is 24.0 Å². The summed E-state index contributed by atoms with van der Waals surface area (Å²) in [6.07, 6.45) is 2.84. The molecule has 9 heteroatoms. The third kappa shape index (κ3) is 3.69. The fourth-order valence-corrected chi connectivity index (χ4v) is 2.57. The summed E-state index contributed by atoms with van der Waals surface area (Å²) in [5.74, 6) is 0.373. The second-order valence-electron chi connectivity index (χ2n) is 5.45. The van der Waals surface area contributed by atoms with Crippen molar-refractivity contribution in [1.82, 2.24) is 19.7 Å². The summed E-state index contributed by atoms with van der Waals surface area (Å²) < 4.78 is 12.7. The molecule has 1 aliphatic rings. The first-order valence-corrected chi connectivity index (χ1v) is 7.71. The first-order valence-electron chi connectivity index (χ1n) is 7.71. The van der Waals surface area contributed by atoms with Crippen LogP contribution in [0.1, 0.15) is 0 Å². The van der Waals surface area contributed by atoms with E-state index in [4.69, 9.17) is 9.47 Å². The molecule has 0 spiro atoms. The Balaban J connectivity index is 1.76. The average Bonchev–Trinajstić information content (AvgIpc) is 3.02. The number of aromatic nitrogens is 3. The van der Waals surface area contributed by atoms with Crippen molar-refractivity contribution in [2.24, 2.45) is 7.05 Å². The molecule has 0 aromatic carbocycles. The molecule has 0 bridgehead atoms. The molecule has 3 heterocycles. The Bertz CT molecular complexity index is 712. The van der Waals surface area contributed by atoms with Gasteiger partial charge in [-0.05, 0) is 6.07 Å². The number of nitro groups is 1. The maximum Gasteiger partial charge on any atom is 0.288 e. The molecule has 0 atom stereocenters. The monoisotopic (exact) mass is 333 g/mol. The third-order valence-electron chi connectivity index (χ3n) is 3.89. The SMILES string of the molecule is Cn1nccc1-c1cc([N+](=O)[O-])cnc1OCCN1CCOCC1. The minimum absolute atomic E-state index is 0.0771. The van der Waals surface area contributed by atoms with Crippen molar-refractivity contribution < 1.29 is 14.4 Å². The molecule has 0 N–H and O–H groups in total. The molecule has 0 amide bonds. The number of ether oxygens (including phenoxy) is 2. The lowest BCUT2D eigenvalue weighted by Crippen LogP contribution is -2.38. The number of pyridine rings is 1. The highest BCUT2D eigenvalue weighted by Gasteiger charge is 2.18. The van der Waals surface area contributed by atoms with Gasteiger partial charge in [0.1, 0.15) is 12.8 Å². The quantitative estimate of drug-likeness (QED) is 0.577. The Morgan fingerprint density at radius 2 is 2.21 bits per heavy atom. The summed E-state index contributed by atoms with van der Waals surface area (Å²) in [5.41, 5.74) is 1.20. The van der Waals surface area contributed by atoms with E-state index in [1.807, 2.05) is 0 Å². The van der Waals surface area contributed by atoms with Crippen molar-refractivity contribution in [2.75, 3.05) is 39.5 Å². The summed E-state index contributed by atoms with van der Waals surface area (Å²) >= 11 is 0. The Labute approximate surface area is 139 Å². The lowest BCUT2D eigenvalue weighted by Gasteiger charge is -2.26. The number of hydrogen-bond donors (Lipinski definition) is 0. The van der Waals surface area contributed by atoms with Crippen molar-refractivity contribution in [2.45, 2.75) is 0 Å². The van der Waals surface area contributed by atoms with Gasteiger partial charge in [-0.25, -0.2) is 4.98 Å². The highest BCUT2D eigenvalue weighted by atomic mass is 16.6. The van der Waals surface area contributed by atoms with E-state index in [0.29, 0.717) is 23.7 Å². The number of rotatable bonds is 6. The van der Waals surface area contributed by atoms with Crippen LogP contribution in [0.4, 0.5) is 5.69 Å². The zero-order valence-corrected chi connectivity index (χ0v) is 13.4. The van der Waals surface area contributed by atoms with Gasteiger partial charge in [0.05, 0.1) is 29.4 Å². The van der Waals surface area contributed by atoms with E-state index in [9.17, 15) is 10.1 Å². The van der Waals surface area contributed by atoms with E-state index in [2.05, 4.69) is 15.0 Å². The molecule has 1 saturated heterocycles. The van der Waals surface area contributed by atoms with Gasteiger partial charge in [0.2, 0.25) is 5.88 Å². The van der Waals surface area contributed by atoms with Gasteiger partial charge in [0.25, 0.3) is 5.69 Å². The van der Waals surface area contributed by atoms with E-state index in [1.165, 1.54) is 12.3 Å². The van der Waals surface area contributed by atoms with E-state index in [-0.39, 0.29) is 5.69 Å². The minimum Gasteiger partial charge on any atom is -0.476 e. The van der Waals surface area contributed by atoms with Crippen molar-refractivity contribution in [3.05, 3.63) is 34.6 Å². The zero-order valence-electron chi connectivity index (χ0n) is 13.4. The highest BCUT2D eigenvalue weighted by Crippen LogP contribution is 2.30. The third-order valence-corrected chi connectivity index (χ3v) is 3.89. The normalized spacial score (nSPS) is 15.4. The standard InChI is InChI=1S/C15H19N5O4/c1-18-14(2-3-17-18)13-10-12(20(21)22)11-16-15(13)24-9-6-19-4-7-23-8-5-19/h2-3,10-11H,4-9H2,1H3. The zero-order chi connectivity index (χ0) is 16.9. The summed E-state index contributed by atoms with van der Waals surface area (Å²) in [7, 11) is 1.77. The maximum atomic E-state index is 11.0. The molecular weight excluding hydrogens is 314 g/mol. The first kappa shape index (κ1) is 16.3. The molecule has 0 aliphatic carbocycles. The fraction of sp³-hybridized carbons (Fsp3) is 0.467. The summed E-state index contributed by atoms with van der Waals surface area (Å²) in [6, 6.07) is 3.24. The maximum absolute atomic E-state index is 11.0. The summed E-state index contributed by atoms with van der Waals surface area (Å²) in [5, 5.41) is 15.1. The molecule has 9 nitrogen and oxygen atoms in total. The lowest BCUT2D eigenvalue weighted by atomic mass is 10.2. The fourth-order valence-electron chi connectivity index (χ4n) is 2.57. The van der Waals surface area contributed by atoms with Crippen molar-refractivity contribution >= 4 is 5.69 Å². The van der Waals surface area contributed by atoms with Gasteiger partial charge in [-0.1, -0.05) is 0 Å². The Morgan fingerprint density at radius 3 is 2.88 bits per heavy atom. The Hall–Kier alpha value is -2.52. The molecule has 0 saturated carbocycles. The van der Waals surface area contributed by atoms with Crippen LogP contribution in [0, 0.1) is 10.1 Å². The van der Waals surface area contributed by atoms with Crippen LogP contribution in [0.2, 0.25) is 0 Å². The van der Waals surface area contributed by atoms with Crippen LogP contribution in [0.15, 0.2) is 24.5 Å². The van der Waals surface area contributed by atoms with E-state index in [0.717, 1.165) is 32.8 Å². The van der Waals surface area contributed by atoms with Gasteiger partial charge in [-0.3, -0.25) is 19.7 Å². The molecule has 1 fully saturated rings. The summed E-state index contributed by atoms with van der Waals surface area (Å²) in [6.45, 7) is 4.44. The molecule has 128 valence electrons. The number of nitrogens with zero attached hydrogens (tertiary/aromatic N) is 5. The largest absolute Gasteiger partial charge is 0.476 e. The van der Waals surface area contributed by atoms with Crippen molar-refractivity contribution in [3.8, 4) is 17.1 Å². The van der Waals surface area contributed by atoms with Gasteiger partial charge < -0.3 is 9.47 Å². The number of morpholine rings is 1. The lowest BCUT2D eigenvalue weighted by molar-refractivity contribution is -0.385. The number of hydrogen-bond acceptors (Lipinski definition) is 7. The van der Waals surface area contributed by atoms with Gasteiger partial charge >= 0.3 is 0 Å². The van der Waals surface area contributed by atoms with Crippen LogP contribution in [-0.2, 0) is 11.8 Å². The minimum atomic E-state index is -0.468. The molecular formula is C15H19N5O4. The molecule has 2 aromatic rings. The van der Waals surface area contributed by atoms with Crippen LogP contribution in [0.25, 0.3) is 11.3 Å². The Morgan fingerprint density at radius 1 is 1.42 bits per heavy atom. The predicted molar refractivity (Wildman–Crippen MR) is 85.8 cm³/mol. The Kier molecular flexibility index (Phi) is 5.02. The highest BCUT2D eigenvalue weighted by molar-refractivity contribution is 5.67. The van der Waals surface area contributed by atoms with Gasteiger partial charge in [-0.15, -0.1) is 0 Å². The van der Waals surface area contributed by atoms with Gasteiger partial charge in [-0.2, -0.15) is 5.10 Å². The number of aryl methyl sites for hydroxylation is 1. The van der Waals surface area contributed by atoms with Crippen molar-refractivity contribution in [3.63, 3.8) is 0 Å². The molecule has 2 aromatic heterocycles. The second kappa shape index (κ2) is 7.37. The summed E-state index contributed by atoms with van der Waals surface area (Å²) in [4.78, 5) is 16.9. The van der Waals surface area contributed by atoms with Crippen LogP contribution in [0.3, 0.4) is 0 Å². The van der Waals surface area contributed by atoms with E-state index >= 15 is 0 Å². The predicted octanol–water partition coefficient (Wildman–Crippen LogP) is 1.10.